The predicted molar refractivity (Wildman–Crippen MR) is 78.7 cm³/mol. The highest BCUT2D eigenvalue weighted by Crippen LogP contribution is 2.24. The maximum absolute atomic E-state index is 12.9. The highest BCUT2D eigenvalue weighted by Gasteiger charge is 2.09. The molecule has 0 spiro atoms. The summed E-state index contributed by atoms with van der Waals surface area (Å²) in [5.74, 6) is -0.225. The summed E-state index contributed by atoms with van der Waals surface area (Å²) in [6.07, 6.45) is 4.08. The lowest BCUT2D eigenvalue weighted by Crippen LogP contribution is -1.92. The molecule has 2 aromatic heterocycles. The first kappa shape index (κ1) is 13.0. The van der Waals surface area contributed by atoms with Gasteiger partial charge in [0.1, 0.15) is 10.4 Å². The normalized spacial score (nSPS) is 10.7. The summed E-state index contributed by atoms with van der Waals surface area (Å²) in [5, 5.41) is 0. The van der Waals surface area contributed by atoms with Crippen LogP contribution in [0.25, 0.3) is 11.3 Å². The van der Waals surface area contributed by atoms with Crippen LogP contribution in [0.3, 0.4) is 0 Å². The van der Waals surface area contributed by atoms with E-state index in [1.54, 1.807) is 24.7 Å². The number of pyridine rings is 1. The molecule has 0 bridgehead atoms. The average molecular weight is 332 g/mol. The van der Waals surface area contributed by atoms with Crippen molar-refractivity contribution < 1.29 is 4.39 Å². The van der Waals surface area contributed by atoms with E-state index in [9.17, 15) is 4.39 Å². The number of halogens is 2. The van der Waals surface area contributed by atoms with Gasteiger partial charge in [-0.1, -0.05) is 12.1 Å². The fourth-order valence-corrected chi connectivity index (χ4v) is 2.43. The Bertz CT molecular complexity index is 722. The van der Waals surface area contributed by atoms with Crippen LogP contribution in [0.15, 0.2) is 53.5 Å². The molecule has 5 heteroatoms. The Balaban J connectivity index is 1.92. The van der Waals surface area contributed by atoms with Gasteiger partial charge in [-0.05, 0) is 45.8 Å². The van der Waals surface area contributed by atoms with E-state index in [-0.39, 0.29) is 5.82 Å². The first-order chi connectivity index (χ1) is 9.72. The molecule has 2 heterocycles. The second-order valence-electron chi connectivity index (χ2n) is 4.40. The highest BCUT2D eigenvalue weighted by molar-refractivity contribution is 9.10. The van der Waals surface area contributed by atoms with Crippen molar-refractivity contribution >= 4 is 15.9 Å². The summed E-state index contributed by atoms with van der Waals surface area (Å²) < 4.78 is 13.7. The molecule has 0 fully saturated rings. The lowest BCUT2D eigenvalue weighted by molar-refractivity contribution is 0.627. The number of rotatable bonds is 3. The quantitative estimate of drug-likeness (QED) is 0.738. The van der Waals surface area contributed by atoms with Crippen LogP contribution in [0.5, 0.6) is 0 Å². The molecule has 0 aliphatic carbocycles. The van der Waals surface area contributed by atoms with Gasteiger partial charge in [0.05, 0.1) is 12.0 Å². The van der Waals surface area contributed by atoms with Gasteiger partial charge in [0.25, 0.3) is 0 Å². The summed E-state index contributed by atoms with van der Waals surface area (Å²) in [6, 6.07) is 10.3. The molecular weight excluding hydrogens is 321 g/mol. The Kier molecular flexibility index (Phi) is 3.60. The van der Waals surface area contributed by atoms with Gasteiger partial charge in [-0.2, -0.15) is 0 Å². The predicted octanol–water partition coefficient (Wildman–Crippen LogP) is 3.96. The van der Waals surface area contributed by atoms with Crippen LogP contribution in [0.2, 0.25) is 0 Å². The third-order valence-electron chi connectivity index (χ3n) is 3.01. The van der Waals surface area contributed by atoms with Crippen LogP contribution in [0.1, 0.15) is 11.3 Å². The van der Waals surface area contributed by atoms with Crippen LogP contribution in [-0.2, 0) is 6.42 Å². The van der Waals surface area contributed by atoms with E-state index >= 15 is 0 Å². The number of hydrogen-bond acceptors (Lipinski definition) is 2. The maximum atomic E-state index is 12.9. The summed E-state index contributed by atoms with van der Waals surface area (Å²) in [5.41, 5.74) is 3.90. The molecule has 3 aromatic rings. The maximum Gasteiger partial charge on any atom is 0.123 e. The molecule has 0 saturated carbocycles. The number of nitrogens with zero attached hydrogens (tertiary/aromatic N) is 2. The van der Waals surface area contributed by atoms with Crippen molar-refractivity contribution in [3.8, 4) is 11.3 Å². The summed E-state index contributed by atoms with van der Waals surface area (Å²) in [4.78, 5) is 11.6. The van der Waals surface area contributed by atoms with Crippen molar-refractivity contribution in [2.24, 2.45) is 0 Å². The molecule has 1 N–H and O–H groups in total. The molecule has 100 valence electrons. The van der Waals surface area contributed by atoms with Crippen molar-refractivity contribution in [2.45, 2.75) is 6.42 Å². The molecule has 3 rings (SSSR count). The monoisotopic (exact) mass is 331 g/mol. The molecule has 3 nitrogen and oxygen atoms in total. The van der Waals surface area contributed by atoms with Crippen molar-refractivity contribution in [3.63, 3.8) is 0 Å². The molecule has 0 radical (unpaired) electrons. The smallest absolute Gasteiger partial charge is 0.123 e. The zero-order valence-electron chi connectivity index (χ0n) is 10.5. The lowest BCUT2D eigenvalue weighted by atomic mass is 10.1. The number of H-pyrrole nitrogens is 1. The van der Waals surface area contributed by atoms with Crippen LogP contribution >= 0.6 is 15.9 Å². The first-order valence-electron chi connectivity index (χ1n) is 6.11. The van der Waals surface area contributed by atoms with Gasteiger partial charge in [0.2, 0.25) is 0 Å². The standard InChI is InChI=1S/C15H11BrFN3/c16-14-8-11(5-6-18-14)15-13(19-9-20-15)7-10-1-3-12(17)4-2-10/h1-6,8-9H,7H2,(H,19,20). The first-order valence-corrected chi connectivity index (χ1v) is 6.90. The van der Waals surface area contributed by atoms with E-state index in [2.05, 4.69) is 30.9 Å². The van der Waals surface area contributed by atoms with Crippen molar-refractivity contribution in [1.29, 1.82) is 0 Å². The molecule has 0 amide bonds. The average Bonchev–Trinajstić information content (AvgIpc) is 2.89. The van der Waals surface area contributed by atoms with Crippen molar-refractivity contribution in [3.05, 3.63) is 70.6 Å². The van der Waals surface area contributed by atoms with Gasteiger partial charge >= 0.3 is 0 Å². The lowest BCUT2D eigenvalue weighted by Gasteiger charge is -2.04. The SMILES string of the molecule is Fc1ccc(Cc2[nH]cnc2-c2ccnc(Br)c2)cc1. The molecular formula is C15H11BrFN3. The van der Waals surface area contributed by atoms with Crippen LogP contribution in [0.4, 0.5) is 4.39 Å². The molecule has 1 aromatic carbocycles. The third kappa shape index (κ3) is 2.77. The molecule has 0 unspecified atom stereocenters. The number of nitrogens with one attached hydrogen (secondary N) is 1. The van der Waals surface area contributed by atoms with Gasteiger partial charge in [0.15, 0.2) is 0 Å². The van der Waals surface area contributed by atoms with E-state index < -0.39 is 0 Å². The second kappa shape index (κ2) is 5.54. The number of imidazole rings is 1. The number of aromatic nitrogens is 3. The van der Waals surface area contributed by atoms with Crippen molar-refractivity contribution in [2.75, 3.05) is 0 Å². The van der Waals surface area contributed by atoms with Gasteiger partial charge in [0, 0.05) is 23.9 Å². The highest BCUT2D eigenvalue weighted by atomic mass is 79.9. The molecule has 20 heavy (non-hydrogen) atoms. The van der Waals surface area contributed by atoms with Crippen LogP contribution in [0, 0.1) is 5.82 Å². The topological polar surface area (TPSA) is 41.6 Å². The minimum atomic E-state index is -0.225. The summed E-state index contributed by atoms with van der Waals surface area (Å²) in [7, 11) is 0. The summed E-state index contributed by atoms with van der Waals surface area (Å²) >= 11 is 3.36. The van der Waals surface area contributed by atoms with Crippen LogP contribution < -0.4 is 0 Å². The number of hydrogen-bond donors (Lipinski definition) is 1. The molecule has 0 aliphatic heterocycles. The fraction of sp³-hybridized carbons (Fsp3) is 0.0667. The summed E-state index contributed by atoms with van der Waals surface area (Å²) in [6.45, 7) is 0. The van der Waals surface area contributed by atoms with Crippen molar-refractivity contribution in [1.82, 2.24) is 15.0 Å². The van der Waals surface area contributed by atoms with Crippen LogP contribution in [-0.4, -0.2) is 15.0 Å². The van der Waals surface area contributed by atoms with Gasteiger partial charge < -0.3 is 4.98 Å². The Morgan fingerprint density at radius 3 is 2.65 bits per heavy atom. The molecule has 0 aliphatic rings. The number of benzene rings is 1. The zero-order chi connectivity index (χ0) is 13.9. The van der Waals surface area contributed by atoms with E-state index in [0.717, 1.165) is 27.1 Å². The van der Waals surface area contributed by atoms with E-state index in [1.165, 1.54) is 12.1 Å². The molecule has 0 saturated heterocycles. The molecule has 0 atom stereocenters. The number of aromatic amines is 1. The minimum absolute atomic E-state index is 0.225. The third-order valence-corrected chi connectivity index (χ3v) is 3.45. The Hall–Kier alpha value is -2.01. The van der Waals surface area contributed by atoms with E-state index in [4.69, 9.17) is 0 Å². The van der Waals surface area contributed by atoms with E-state index in [0.29, 0.717) is 6.42 Å². The fourth-order valence-electron chi connectivity index (χ4n) is 2.06. The largest absolute Gasteiger partial charge is 0.348 e. The van der Waals surface area contributed by atoms with Gasteiger partial charge in [-0.3, -0.25) is 0 Å². The Morgan fingerprint density at radius 1 is 1.10 bits per heavy atom. The van der Waals surface area contributed by atoms with Gasteiger partial charge in [-0.15, -0.1) is 0 Å². The second-order valence-corrected chi connectivity index (χ2v) is 5.21. The zero-order valence-corrected chi connectivity index (χ0v) is 12.1. The van der Waals surface area contributed by atoms with Gasteiger partial charge in [-0.25, -0.2) is 14.4 Å². The van der Waals surface area contributed by atoms with E-state index in [1.807, 2.05) is 12.1 Å². The minimum Gasteiger partial charge on any atom is -0.348 e. The Labute approximate surface area is 124 Å². The Morgan fingerprint density at radius 2 is 1.90 bits per heavy atom.